The smallest absolute Gasteiger partial charge is 0.253 e. The SMILES string of the molecule is CCCNc1ccccc1C(=O)NCCCN. The Labute approximate surface area is 103 Å². The molecule has 1 amide bonds. The third-order valence-electron chi connectivity index (χ3n) is 2.40. The first-order valence-electron chi connectivity index (χ1n) is 6.10. The summed E-state index contributed by atoms with van der Waals surface area (Å²) >= 11 is 0. The highest BCUT2D eigenvalue weighted by Gasteiger charge is 2.09. The summed E-state index contributed by atoms with van der Waals surface area (Å²) in [5, 5.41) is 6.11. The summed E-state index contributed by atoms with van der Waals surface area (Å²) in [7, 11) is 0. The molecule has 0 heterocycles. The van der Waals surface area contributed by atoms with Crippen molar-refractivity contribution in [1.29, 1.82) is 0 Å². The third-order valence-corrected chi connectivity index (χ3v) is 2.40. The van der Waals surface area contributed by atoms with Crippen molar-refractivity contribution < 1.29 is 4.79 Å². The van der Waals surface area contributed by atoms with Crippen LogP contribution in [0, 0.1) is 0 Å². The van der Waals surface area contributed by atoms with E-state index in [4.69, 9.17) is 5.73 Å². The van der Waals surface area contributed by atoms with E-state index in [1.165, 1.54) is 0 Å². The van der Waals surface area contributed by atoms with Gasteiger partial charge in [0.1, 0.15) is 0 Å². The van der Waals surface area contributed by atoms with Gasteiger partial charge in [-0.25, -0.2) is 0 Å². The standard InChI is InChI=1S/C13H21N3O/c1-2-9-15-12-7-4-3-6-11(12)13(17)16-10-5-8-14/h3-4,6-7,15H,2,5,8-10,14H2,1H3,(H,16,17). The zero-order valence-electron chi connectivity index (χ0n) is 10.3. The maximum absolute atomic E-state index is 11.9. The Morgan fingerprint density at radius 1 is 1.29 bits per heavy atom. The number of para-hydroxylation sites is 1. The average Bonchev–Trinajstić information content (AvgIpc) is 2.37. The summed E-state index contributed by atoms with van der Waals surface area (Å²) in [6, 6.07) is 7.55. The number of benzene rings is 1. The molecule has 0 aliphatic rings. The Hall–Kier alpha value is -1.55. The molecule has 94 valence electrons. The van der Waals surface area contributed by atoms with Gasteiger partial charge < -0.3 is 16.4 Å². The lowest BCUT2D eigenvalue weighted by atomic mass is 10.1. The Morgan fingerprint density at radius 2 is 2.06 bits per heavy atom. The molecule has 0 unspecified atom stereocenters. The highest BCUT2D eigenvalue weighted by molar-refractivity contribution is 5.99. The number of hydrogen-bond donors (Lipinski definition) is 3. The highest BCUT2D eigenvalue weighted by Crippen LogP contribution is 2.14. The first-order valence-corrected chi connectivity index (χ1v) is 6.10. The number of rotatable bonds is 7. The van der Waals surface area contributed by atoms with Crippen molar-refractivity contribution in [2.24, 2.45) is 5.73 Å². The van der Waals surface area contributed by atoms with Gasteiger partial charge in [-0.15, -0.1) is 0 Å². The number of carbonyl (C=O) groups excluding carboxylic acids is 1. The van der Waals surface area contributed by atoms with Crippen LogP contribution in [-0.4, -0.2) is 25.5 Å². The van der Waals surface area contributed by atoms with Gasteiger partial charge in [0, 0.05) is 18.8 Å². The normalized spacial score (nSPS) is 10.0. The predicted molar refractivity (Wildman–Crippen MR) is 71.2 cm³/mol. The summed E-state index contributed by atoms with van der Waals surface area (Å²) < 4.78 is 0. The monoisotopic (exact) mass is 235 g/mol. The van der Waals surface area contributed by atoms with Gasteiger partial charge in [0.15, 0.2) is 0 Å². The topological polar surface area (TPSA) is 67.2 Å². The molecule has 1 rings (SSSR count). The maximum atomic E-state index is 11.9. The molecule has 4 heteroatoms. The van der Waals surface area contributed by atoms with E-state index in [1.54, 1.807) is 0 Å². The van der Waals surface area contributed by atoms with E-state index in [9.17, 15) is 4.79 Å². The van der Waals surface area contributed by atoms with E-state index in [2.05, 4.69) is 17.6 Å². The first kappa shape index (κ1) is 13.5. The van der Waals surface area contributed by atoms with Gasteiger partial charge in [-0.05, 0) is 31.5 Å². The van der Waals surface area contributed by atoms with Gasteiger partial charge in [0.05, 0.1) is 5.56 Å². The van der Waals surface area contributed by atoms with Crippen LogP contribution in [0.1, 0.15) is 30.1 Å². The van der Waals surface area contributed by atoms with Crippen LogP contribution in [0.15, 0.2) is 24.3 Å². The van der Waals surface area contributed by atoms with Crippen LogP contribution in [-0.2, 0) is 0 Å². The van der Waals surface area contributed by atoms with Crippen molar-refractivity contribution in [2.45, 2.75) is 19.8 Å². The Bertz CT molecular complexity index is 352. The third kappa shape index (κ3) is 4.44. The van der Waals surface area contributed by atoms with Crippen molar-refractivity contribution in [2.75, 3.05) is 25.0 Å². The van der Waals surface area contributed by atoms with Crippen LogP contribution >= 0.6 is 0 Å². The lowest BCUT2D eigenvalue weighted by Gasteiger charge is -2.11. The maximum Gasteiger partial charge on any atom is 0.253 e. The first-order chi connectivity index (χ1) is 8.29. The average molecular weight is 235 g/mol. The number of anilines is 1. The molecule has 0 bridgehead atoms. The second kappa shape index (κ2) is 7.68. The lowest BCUT2D eigenvalue weighted by molar-refractivity contribution is 0.0954. The molecule has 4 nitrogen and oxygen atoms in total. The van der Waals surface area contributed by atoms with Gasteiger partial charge in [-0.3, -0.25) is 4.79 Å². The molecule has 1 aromatic rings. The Morgan fingerprint density at radius 3 is 2.76 bits per heavy atom. The van der Waals surface area contributed by atoms with Crippen molar-refractivity contribution in [3.8, 4) is 0 Å². The van der Waals surface area contributed by atoms with Crippen molar-refractivity contribution in [1.82, 2.24) is 5.32 Å². The van der Waals surface area contributed by atoms with Crippen LogP contribution in [0.2, 0.25) is 0 Å². The van der Waals surface area contributed by atoms with Crippen LogP contribution < -0.4 is 16.4 Å². The molecule has 4 N–H and O–H groups in total. The van der Waals surface area contributed by atoms with E-state index >= 15 is 0 Å². The molecule has 0 aliphatic heterocycles. The summed E-state index contributed by atoms with van der Waals surface area (Å²) in [6.07, 6.45) is 1.83. The van der Waals surface area contributed by atoms with E-state index in [0.717, 1.165) is 25.1 Å². The fraction of sp³-hybridized carbons (Fsp3) is 0.462. The largest absolute Gasteiger partial charge is 0.384 e. The second-order valence-corrected chi connectivity index (χ2v) is 3.87. The predicted octanol–water partition coefficient (Wildman–Crippen LogP) is 1.59. The quantitative estimate of drug-likeness (QED) is 0.629. The van der Waals surface area contributed by atoms with E-state index in [1.807, 2.05) is 24.3 Å². The number of nitrogens with one attached hydrogen (secondary N) is 2. The zero-order chi connectivity index (χ0) is 12.5. The zero-order valence-corrected chi connectivity index (χ0v) is 10.3. The second-order valence-electron chi connectivity index (χ2n) is 3.87. The summed E-state index contributed by atoms with van der Waals surface area (Å²) in [5.41, 5.74) is 6.97. The minimum Gasteiger partial charge on any atom is -0.384 e. The summed E-state index contributed by atoms with van der Waals surface area (Å²) in [4.78, 5) is 11.9. The molecule has 0 radical (unpaired) electrons. The van der Waals surface area contributed by atoms with Crippen LogP contribution in [0.5, 0.6) is 0 Å². The lowest BCUT2D eigenvalue weighted by Crippen LogP contribution is -2.26. The molecule has 1 aromatic carbocycles. The highest BCUT2D eigenvalue weighted by atomic mass is 16.1. The molecule has 0 atom stereocenters. The van der Waals surface area contributed by atoms with Crippen molar-refractivity contribution in [3.63, 3.8) is 0 Å². The molecule has 0 saturated carbocycles. The van der Waals surface area contributed by atoms with Gasteiger partial charge in [0.25, 0.3) is 5.91 Å². The van der Waals surface area contributed by atoms with Crippen LogP contribution in [0.25, 0.3) is 0 Å². The van der Waals surface area contributed by atoms with Crippen LogP contribution in [0.4, 0.5) is 5.69 Å². The van der Waals surface area contributed by atoms with Crippen molar-refractivity contribution in [3.05, 3.63) is 29.8 Å². The van der Waals surface area contributed by atoms with Crippen molar-refractivity contribution >= 4 is 11.6 Å². The van der Waals surface area contributed by atoms with Gasteiger partial charge >= 0.3 is 0 Å². The molecular formula is C13H21N3O. The van der Waals surface area contributed by atoms with Gasteiger partial charge in [-0.1, -0.05) is 19.1 Å². The Balaban J connectivity index is 2.64. The fourth-order valence-corrected chi connectivity index (χ4v) is 1.49. The number of nitrogens with two attached hydrogens (primary N) is 1. The van der Waals surface area contributed by atoms with Gasteiger partial charge in [-0.2, -0.15) is 0 Å². The number of carbonyl (C=O) groups is 1. The van der Waals surface area contributed by atoms with E-state index in [-0.39, 0.29) is 5.91 Å². The molecule has 0 saturated heterocycles. The number of amides is 1. The summed E-state index contributed by atoms with van der Waals surface area (Å²) in [6.45, 7) is 4.18. The molecule has 0 fully saturated rings. The molecule has 0 aliphatic carbocycles. The Kier molecular flexibility index (Phi) is 6.10. The molecule has 0 spiro atoms. The minimum absolute atomic E-state index is 0.0438. The van der Waals surface area contributed by atoms with Gasteiger partial charge in [0.2, 0.25) is 0 Å². The fourth-order valence-electron chi connectivity index (χ4n) is 1.49. The molecule has 17 heavy (non-hydrogen) atoms. The number of hydrogen-bond acceptors (Lipinski definition) is 3. The summed E-state index contributed by atoms with van der Waals surface area (Å²) in [5.74, 6) is -0.0438. The molecular weight excluding hydrogens is 214 g/mol. The van der Waals surface area contributed by atoms with Crippen LogP contribution in [0.3, 0.4) is 0 Å². The van der Waals surface area contributed by atoms with E-state index in [0.29, 0.717) is 18.7 Å². The minimum atomic E-state index is -0.0438. The van der Waals surface area contributed by atoms with E-state index < -0.39 is 0 Å². The molecule has 0 aromatic heterocycles.